The molecule has 4 rings (SSSR count). The second-order valence-electron chi connectivity index (χ2n) is 6.98. The highest BCUT2D eigenvalue weighted by Gasteiger charge is 2.29. The molecule has 1 fully saturated rings. The van der Waals surface area contributed by atoms with Crippen LogP contribution in [0.5, 0.6) is 0 Å². The zero-order chi connectivity index (χ0) is 18.3. The lowest BCUT2D eigenvalue weighted by Crippen LogP contribution is -2.39. The van der Waals surface area contributed by atoms with E-state index in [4.69, 9.17) is 0 Å². The third-order valence-corrected chi connectivity index (χ3v) is 7.28. The molecule has 0 N–H and O–H groups in total. The maximum absolute atomic E-state index is 12.7. The molecule has 1 aromatic heterocycles. The lowest BCUT2D eigenvalue weighted by atomic mass is 10.1. The number of benzene rings is 2. The fraction of sp³-hybridized carbons (Fsp3) is 0.400. The zero-order valence-electron chi connectivity index (χ0n) is 15.4. The van der Waals surface area contributed by atoms with E-state index in [1.807, 2.05) is 6.07 Å². The number of para-hydroxylation sites is 1. The van der Waals surface area contributed by atoms with Crippen LogP contribution in [0.3, 0.4) is 0 Å². The topological polar surface area (TPSA) is 45.6 Å². The second-order valence-corrected chi connectivity index (χ2v) is 9.02. The van der Waals surface area contributed by atoms with Gasteiger partial charge in [0, 0.05) is 55.0 Å². The van der Waals surface area contributed by atoms with Crippen LogP contribution in [0.1, 0.15) is 25.3 Å². The average Bonchev–Trinajstić information content (AvgIpc) is 3.28. The summed E-state index contributed by atoms with van der Waals surface area (Å²) in [6.45, 7) is 4.72. The first-order valence-electron chi connectivity index (χ1n) is 9.23. The van der Waals surface area contributed by atoms with E-state index in [-0.39, 0.29) is 0 Å². The summed E-state index contributed by atoms with van der Waals surface area (Å²) in [7, 11) is -1.70. The Hall–Kier alpha value is -1.89. The molecule has 0 saturated carbocycles. The van der Waals surface area contributed by atoms with Gasteiger partial charge in [0.25, 0.3) is 10.2 Å². The molecule has 0 amide bonds. The average molecular weight is 372 g/mol. The number of aryl methyl sites for hydroxylation is 1. The Bertz CT molecular complexity index is 1050. The van der Waals surface area contributed by atoms with E-state index in [2.05, 4.69) is 47.9 Å². The van der Waals surface area contributed by atoms with Gasteiger partial charge >= 0.3 is 0 Å². The number of nitrogens with zero attached hydrogens (tertiary/aromatic N) is 3. The van der Waals surface area contributed by atoms with Gasteiger partial charge in [0.05, 0.1) is 0 Å². The van der Waals surface area contributed by atoms with Gasteiger partial charge in [0.2, 0.25) is 0 Å². The molecule has 0 atom stereocenters. The van der Waals surface area contributed by atoms with Gasteiger partial charge < -0.3 is 4.57 Å². The maximum atomic E-state index is 12.7. The van der Waals surface area contributed by atoms with Crippen LogP contribution in [0, 0.1) is 0 Å². The first kappa shape index (κ1) is 17.5. The fourth-order valence-corrected chi connectivity index (χ4v) is 5.42. The Morgan fingerprint density at radius 2 is 1.69 bits per heavy atom. The summed E-state index contributed by atoms with van der Waals surface area (Å²) in [5.41, 5.74) is 3.43. The molecule has 1 aliphatic heterocycles. The Morgan fingerprint density at radius 3 is 2.42 bits per heavy atom. The van der Waals surface area contributed by atoms with Crippen molar-refractivity contribution >= 4 is 32.0 Å². The van der Waals surface area contributed by atoms with Crippen molar-refractivity contribution in [3.63, 3.8) is 0 Å². The van der Waals surface area contributed by atoms with Crippen molar-refractivity contribution in [1.82, 2.24) is 13.2 Å². The highest BCUT2D eigenvalue weighted by Crippen LogP contribution is 2.30. The van der Waals surface area contributed by atoms with Crippen molar-refractivity contribution in [3.05, 3.63) is 48.0 Å². The van der Waals surface area contributed by atoms with Crippen LogP contribution >= 0.6 is 0 Å². The molecule has 0 spiro atoms. The van der Waals surface area contributed by atoms with Crippen LogP contribution in [-0.4, -0.2) is 41.7 Å². The monoisotopic (exact) mass is 371 g/mol. The van der Waals surface area contributed by atoms with E-state index >= 15 is 0 Å². The summed E-state index contributed by atoms with van der Waals surface area (Å²) in [5, 5.41) is 2.41. The molecule has 3 aromatic rings. The number of fused-ring (bicyclic) bond motifs is 3. The van der Waals surface area contributed by atoms with Gasteiger partial charge in [0.1, 0.15) is 0 Å². The molecule has 1 saturated heterocycles. The van der Waals surface area contributed by atoms with Gasteiger partial charge in [-0.25, -0.2) is 0 Å². The van der Waals surface area contributed by atoms with Crippen LogP contribution in [0.4, 0.5) is 0 Å². The highest BCUT2D eigenvalue weighted by atomic mass is 32.2. The molecule has 0 unspecified atom stereocenters. The smallest absolute Gasteiger partial charge is 0.282 e. The van der Waals surface area contributed by atoms with Crippen molar-refractivity contribution in [2.75, 3.05) is 20.1 Å². The molecule has 6 heteroatoms. The SMILES string of the molecule is CCn1c2ccccc2c2cc(CN(C)S(=O)(=O)N3CCCC3)ccc21. The van der Waals surface area contributed by atoms with Crippen LogP contribution < -0.4 is 0 Å². The van der Waals surface area contributed by atoms with E-state index in [0.717, 1.165) is 24.9 Å². The Labute approximate surface area is 155 Å². The maximum Gasteiger partial charge on any atom is 0.282 e. The van der Waals surface area contributed by atoms with E-state index in [0.29, 0.717) is 19.6 Å². The van der Waals surface area contributed by atoms with Gasteiger partial charge in [-0.3, -0.25) is 0 Å². The van der Waals surface area contributed by atoms with E-state index in [1.165, 1.54) is 26.1 Å². The predicted molar refractivity (Wildman–Crippen MR) is 106 cm³/mol. The van der Waals surface area contributed by atoms with Crippen LogP contribution in [0.25, 0.3) is 21.8 Å². The summed E-state index contributed by atoms with van der Waals surface area (Å²) in [4.78, 5) is 0. The van der Waals surface area contributed by atoms with Gasteiger partial charge in [-0.05, 0) is 43.5 Å². The number of rotatable bonds is 5. The third-order valence-electron chi connectivity index (χ3n) is 5.34. The first-order chi connectivity index (χ1) is 12.5. The zero-order valence-corrected chi connectivity index (χ0v) is 16.2. The number of hydrogen-bond acceptors (Lipinski definition) is 2. The van der Waals surface area contributed by atoms with Gasteiger partial charge in [-0.1, -0.05) is 24.3 Å². The largest absolute Gasteiger partial charge is 0.341 e. The van der Waals surface area contributed by atoms with Crippen molar-refractivity contribution < 1.29 is 8.42 Å². The minimum Gasteiger partial charge on any atom is -0.341 e. The lowest BCUT2D eigenvalue weighted by molar-refractivity contribution is 0.392. The standard InChI is InChI=1S/C20H25N3O2S/c1-3-23-19-9-5-4-8-17(19)18-14-16(10-11-20(18)23)15-21(2)26(24,25)22-12-6-7-13-22/h4-5,8-11,14H,3,6-7,12-13,15H2,1-2H3. The minimum absolute atomic E-state index is 0.389. The minimum atomic E-state index is -3.37. The lowest BCUT2D eigenvalue weighted by Gasteiger charge is -2.23. The van der Waals surface area contributed by atoms with Crippen molar-refractivity contribution in [1.29, 1.82) is 0 Å². The molecule has 0 aliphatic carbocycles. The van der Waals surface area contributed by atoms with Crippen LogP contribution in [-0.2, 0) is 23.3 Å². The second kappa shape index (κ2) is 6.68. The highest BCUT2D eigenvalue weighted by molar-refractivity contribution is 7.86. The Balaban J connectivity index is 1.70. The van der Waals surface area contributed by atoms with E-state index < -0.39 is 10.2 Å². The Morgan fingerprint density at radius 1 is 1.00 bits per heavy atom. The molecule has 2 aromatic carbocycles. The van der Waals surface area contributed by atoms with Crippen molar-refractivity contribution in [3.8, 4) is 0 Å². The molecule has 0 radical (unpaired) electrons. The van der Waals surface area contributed by atoms with Crippen molar-refractivity contribution in [2.45, 2.75) is 32.9 Å². The molecule has 0 bridgehead atoms. The molecule has 138 valence electrons. The van der Waals surface area contributed by atoms with Crippen molar-refractivity contribution in [2.24, 2.45) is 0 Å². The first-order valence-corrected chi connectivity index (χ1v) is 10.6. The van der Waals surface area contributed by atoms with Gasteiger partial charge in [-0.2, -0.15) is 17.0 Å². The van der Waals surface area contributed by atoms with E-state index in [9.17, 15) is 8.42 Å². The molecular formula is C20H25N3O2S. The van der Waals surface area contributed by atoms with Gasteiger partial charge in [-0.15, -0.1) is 0 Å². The fourth-order valence-electron chi connectivity index (χ4n) is 3.99. The van der Waals surface area contributed by atoms with Gasteiger partial charge in [0.15, 0.2) is 0 Å². The predicted octanol–water partition coefficient (Wildman–Crippen LogP) is 3.59. The molecular weight excluding hydrogens is 346 g/mol. The summed E-state index contributed by atoms with van der Waals surface area (Å²) < 4.78 is 30.8. The normalized spacial score (nSPS) is 16.3. The van der Waals surface area contributed by atoms with E-state index in [1.54, 1.807) is 11.4 Å². The summed E-state index contributed by atoms with van der Waals surface area (Å²) >= 11 is 0. The summed E-state index contributed by atoms with van der Waals surface area (Å²) in [6, 6.07) is 14.7. The summed E-state index contributed by atoms with van der Waals surface area (Å²) in [5.74, 6) is 0. The van der Waals surface area contributed by atoms with Crippen LogP contribution in [0.15, 0.2) is 42.5 Å². The molecule has 2 heterocycles. The molecule has 1 aliphatic rings. The number of hydrogen-bond donors (Lipinski definition) is 0. The molecule has 5 nitrogen and oxygen atoms in total. The quantitative estimate of drug-likeness (QED) is 0.688. The third kappa shape index (κ3) is 2.82. The van der Waals surface area contributed by atoms with Crippen LogP contribution in [0.2, 0.25) is 0 Å². The number of aromatic nitrogens is 1. The Kier molecular flexibility index (Phi) is 4.50. The molecule has 26 heavy (non-hydrogen) atoms. The summed E-state index contributed by atoms with van der Waals surface area (Å²) in [6.07, 6.45) is 1.91.